The van der Waals surface area contributed by atoms with Crippen molar-refractivity contribution >= 4 is 11.6 Å². The molecule has 0 fully saturated rings. The van der Waals surface area contributed by atoms with Crippen molar-refractivity contribution in [2.24, 2.45) is 0 Å². The van der Waals surface area contributed by atoms with Gasteiger partial charge in [0.25, 0.3) is 0 Å². The van der Waals surface area contributed by atoms with Gasteiger partial charge in [0.15, 0.2) is 0 Å². The van der Waals surface area contributed by atoms with E-state index in [9.17, 15) is 0 Å². The van der Waals surface area contributed by atoms with Crippen molar-refractivity contribution in [2.75, 3.05) is 19.0 Å². The van der Waals surface area contributed by atoms with Gasteiger partial charge in [0.2, 0.25) is 5.95 Å². The number of benzene rings is 2. The molecule has 26 heavy (non-hydrogen) atoms. The summed E-state index contributed by atoms with van der Waals surface area (Å²) in [6.45, 7) is 2.61. The second-order valence-corrected chi connectivity index (χ2v) is 5.83. The Morgan fingerprint density at radius 3 is 2.46 bits per heavy atom. The van der Waals surface area contributed by atoms with E-state index in [2.05, 4.69) is 26.9 Å². The van der Waals surface area contributed by atoms with E-state index in [1.54, 1.807) is 11.8 Å². The van der Waals surface area contributed by atoms with E-state index in [-0.39, 0.29) is 6.04 Å². The summed E-state index contributed by atoms with van der Waals surface area (Å²) in [7, 11) is 1.66. The number of anilines is 1. The van der Waals surface area contributed by atoms with Gasteiger partial charge in [-0.05, 0) is 71.0 Å². The van der Waals surface area contributed by atoms with E-state index in [0.29, 0.717) is 12.6 Å². The van der Waals surface area contributed by atoms with Crippen LogP contribution in [-0.2, 0) is 0 Å². The first-order valence-corrected chi connectivity index (χ1v) is 8.42. The molecule has 0 aliphatic carbocycles. The number of nitrogens with zero attached hydrogens (tertiary/aromatic N) is 4. The summed E-state index contributed by atoms with van der Waals surface area (Å²) in [4.78, 5) is 0. The third-order valence-corrected chi connectivity index (χ3v) is 4.26. The number of hydrogen-bond acceptors (Lipinski definition) is 6. The minimum absolute atomic E-state index is 0.103. The van der Waals surface area contributed by atoms with Gasteiger partial charge in [0, 0.05) is 5.70 Å². The average Bonchev–Trinajstić information content (AvgIpc) is 3.17. The number of hydrogen-bond donors (Lipinski definition) is 1. The molecular weight excluding hydrogens is 330 g/mol. The molecule has 0 spiro atoms. The lowest BCUT2D eigenvalue weighted by molar-refractivity contribution is 0.340. The molecule has 0 saturated heterocycles. The Hall–Kier alpha value is -3.35. The predicted molar refractivity (Wildman–Crippen MR) is 98.2 cm³/mol. The van der Waals surface area contributed by atoms with Crippen LogP contribution in [0.25, 0.3) is 5.70 Å². The number of aromatic nitrogens is 4. The maximum absolute atomic E-state index is 5.53. The lowest BCUT2D eigenvalue weighted by Gasteiger charge is -2.23. The molecule has 2 heterocycles. The van der Waals surface area contributed by atoms with Gasteiger partial charge in [-0.15, -0.1) is 0 Å². The zero-order chi connectivity index (χ0) is 17.9. The second kappa shape index (κ2) is 6.87. The van der Waals surface area contributed by atoms with Crippen molar-refractivity contribution in [1.82, 2.24) is 20.2 Å². The molecule has 0 amide bonds. The van der Waals surface area contributed by atoms with E-state index in [1.807, 2.05) is 55.5 Å². The van der Waals surface area contributed by atoms with Gasteiger partial charge < -0.3 is 14.8 Å². The van der Waals surface area contributed by atoms with E-state index in [4.69, 9.17) is 9.47 Å². The number of methoxy groups -OCH3 is 1. The zero-order valence-electron chi connectivity index (χ0n) is 14.6. The molecule has 1 N–H and O–H groups in total. The van der Waals surface area contributed by atoms with Crippen LogP contribution in [0.1, 0.15) is 24.1 Å². The molecule has 1 aromatic heterocycles. The molecule has 1 atom stereocenters. The van der Waals surface area contributed by atoms with Crippen molar-refractivity contribution in [1.29, 1.82) is 0 Å². The highest BCUT2D eigenvalue weighted by atomic mass is 16.5. The number of rotatable bonds is 5. The first kappa shape index (κ1) is 16.1. The van der Waals surface area contributed by atoms with Gasteiger partial charge in [0.1, 0.15) is 17.5 Å². The lowest BCUT2D eigenvalue weighted by Crippen LogP contribution is -2.20. The van der Waals surface area contributed by atoms with Crippen molar-refractivity contribution in [3.8, 4) is 11.5 Å². The van der Waals surface area contributed by atoms with Crippen LogP contribution in [0.15, 0.2) is 54.6 Å². The SMILES string of the molecule is CCOc1ccc([C@H]2C=C(c3ccc(OC)cc3)Nc3nnnn32)cc1. The van der Waals surface area contributed by atoms with E-state index >= 15 is 0 Å². The molecule has 0 saturated carbocycles. The highest BCUT2D eigenvalue weighted by Gasteiger charge is 2.24. The van der Waals surface area contributed by atoms with Crippen LogP contribution >= 0.6 is 0 Å². The quantitative estimate of drug-likeness (QED) is 0.763. The fraction of sp³-hybridized carbons (Fsp3) is 0.211. The molecule has 3 aromatic rings. The van der Waals surface area contributed by atoms with Crippen LogP contribution in [0.5, 0.6) is 11.5 Å². The molecule has 4 rings (SSSR count). The van der Waals surface area contributed by atoms with Crippen LogP contribution in [0.3, 0.4) is 0 Å². The Balaban J connectivity index is 1.70. The molecule has 0 bridgehead atoms. The van der Waals surface area contributed by atoms with Crippen molar-refractivity contribution in [2.45, 2.75) is 13.0 Å². The number of allylic oxidation sites excluding steroid dienone is 1. The topological polar surface area (TPSA) is 74.1 Å². The fourth-order valence-corrected chi connectivity index (χ4v) is 2.96. The fourth-order valence-electron chi connectivity index (χ4n) is 2.96. The van der Waals surface area contributed by atoms with Crippen molar-refractivity contribution in [3.05, 3.63) is 65.7 Å². The van der Waals surface area contributed by atoms with Crippen molar-refractivity contribution < 1.29 is 9.47 Å². The minimum Gasteiger partial charge on any atom is -0.497 e. The first-order valence-electron chi connectivity index (χ1n) is 8.42. The number of tetrazole rings is 1. The van der Waals surface area contributed by atoms with Crippen LogP contribution in [0.2, 0.25) is 0 Å². The van der Waals surface area contributed by atoms with Crippen LogP contribution in [0.4, 0.5) is 5.95 Å². The Morgan fingerprint density at radius 1 is 1.04 bits per heavy atom. The predicted octanol–water partition coefficient (Wildman–Crippen LogP) is 3.14. The Kier molecular flexibility index (Phi) is 4.27. The molecule has 0 unspecified atom stereocenters. The highest BCUT2D eigenvalue weighted by Crippen LogP contribution is 2.32. The van der Waals surface area contributed by atoms with Crippen LogP contribution < -0.4 is 14.8 Å². The number of ether oxygens (including phenoxy) is 2. The largest absolute Gasteiger partial charge is 0.497 e. The van der Waals surface area contributed by atoms with E-state index < -0.39 is 0 Å². The molecular formula is C19H19N5O2. The van der Waals surface area contributed by atoms with Gasteiger partial charge in [-0.25, -0.2) is 0 Å². The van der Waals surface area contributed by atoms with Crippen LogP contribution in [-0.4, -0.2) is 33.9 Å². The number of nitrogens with one attached hydrogen (secondary N) is 1. The molecule has 0 radical (unpaired) electrons. The van der Waals surface area contributed by atoms with Gasteiger partial charge in [-0.2, -0.15) is 4.68 Å². The summed E-state index contributed by atoms with van der Waals surface area (Å²) in [6.07, 6.45) is 2.11. The summed E-state index contributed by atoms with van der Waals surface area (Å²) in [5, 5.41) is 15.3. The highest BCUT2D eigenvalue weighted by molar-refractivity contribution is 5.77. The zero-order valence-corrected chi connectivity index (χ0v) is 14.6. The summed E-state index contributed by atoms with van der Waals surface area (Å²) in [6, 6.07) is 15.8. The van der Waals surface area contributed by atoms with Gasteiger partial charge in [0.05, 0.1) is 13.7 Å². The van der Waals surface area contributed by atoms with Gasteiger partial charge in [-0.3, -0.25) is 0 Å². The van der Waals surface area contributed by atoms with Crippen LogP contribution in [0, 0.1) is 0 Å². The Bertz CT molecular complexity index is 916. The van der Waals surface area contributed by atoms with Gasteiger partial charge >= 0.3 is 0 Å². The maximum Gasteiger partial charge on any atom is 0.248 e. The first-order chi connectivity index (χ1) is 12.8. The monoisotopic (exact) mass is 349 g/mol. The Morgan fingerprint density at radius 2 is 1.77 bits per heavy atom. The maximum atomic E-state index is 5.53. The molecule has 7 heteroatoms. The van der Waals surface area contributed by atoms with Gasteiger partial charge in [-0.1, -0.05) is 17.2 Å². The number of fused-ring (bicyclic) bond motifs is 1. The third kappa shape index (κ3) is 2.99. The molecule has 2 aromatic carbocycles. The van der Waals surface area contributed by atoms with Crippen molar-refractivity contribution in [3.63, 3.8) is 0 Å². The summed E-state index contributed by atoms with van der Waals surface area (Å²) >= 11 is 0. The lowest BCUT2D eigenvalue weighted by atomic mass is 10.0. The second-order valence-electron chi connectivity index (χ2n) is 5.83. The third-order valence-electron chi connectivity index (χ3n) is 4.26. The molecule has 1 aliphatic heterocycles. The minimum atomic E-state index is -0.103. The standard InChI is InChI=1S/C19H19N5O2/c1-3-26-16-10-6-14(7-11-16)18-12-17(20-19-21-22-23-24(18)19)13-4-8-15(25-2)9-5-13/h4-12,18H,3H2,1-2H3,(H,20,21,23)/t18-/m1/s1. The molecule has 7 nitrogen and oxygen atoms in total. The van der Waals surface area contributed by atoms with E-state index in [1.165, 1.54) is 0 Å². The summed E-state index contributed by atoms with van der Waals surface area (Å²) < 4.78 is 12.5. The normalized spacial score (nSPS) is 15.6. The molecule has 132 valence electrons. The average molecular weight is 349 g/mol. The van der Waals surface area contributed by atoms with E-state index in [0.717, 1.165) is 28.3 Å². The summed E-state index contributed by atoms with van der Waals surface area (Å²) in [5.74, 6) is 2.27. The molecule has 1 aliphatic rings. The Labute approximate surface area is 151 Å². The smallest absolute Gasteiger partial charge is 0.248 e. The summed E-state index contributed by atoms with van der Waals surface area (Å²) in [5.41, 5.74) is 3.07.